The summed E-state index contributed by atoms with van der Waals surface area (Å²) in [5.41, 5.74) is 4.70. The SMILES string of the molecule is Cc1cc(C2CC(C)(c3ccc(O)c(C)c3)CCC2C(C)C)ccc1O. The van der Waals surface area contributed by atoms with Gasteiger partial charge in [-0.25, -0.2) is 0 Å². The molecule has 0 spiro atoms. The number of phenols is 2. The molecule has 2 aromatic rings. The van der Waals surface area contributed by atoms with Gasteiger partial charge in [0.1, 0.15) is 11.5 Å². The van der Waals surface area contributed by atoms with Gasteiger partial charge in [0.15, 0.2) is 0 Å². The van der Waals surface area contributed by atoms with Gasteiger partial charge >= 0.3 is 0 Å². The van der Waals surface area contributed by atoms with Crippen LogP contribution in [0.4, 0.5) is 0 Å². The summed E-state index contributed by atoms with van der Waals surface area (Å²) in [5.74, 6) is 2.54. The standard InChI is InChI=1S/C24H32O2/c1-15(2)20-10-11-24(5,19-7-9-23(26)17(4)13-19)14-21(20)18-6-8-22(25)16(3)12-18/h6-9,12-13,15,20-21,25-26H,10-11,14H2,1-5H3. The maximum Gasteiger partial charge on any atom is 0.118 e. The maximum atomic E-state index is 9.93. The summed E-state index contributed by atoms with van der Waals surface area (Å²) in [7, 11) is 0. The number of aromatic hydroxyl groups is 2. The smallest absolute Gasteiger partial charge is 0.118 e. The molecule has 140 valence electrons. The second kappa shape index (κ2) is 6.98. The zero-order valence-corrected chi connectivity index (χ0v) is 16.7. The minimum Gasteiger partial charge on any atom is -0.508 e. The van der Waals surface area contributed by atoms with Crippen molar-refractivity contribution in [3.8, 4) is 11.5 Å². The topological polar surface area (TPSA) is 40.5 Å². The van der Waals surface area contributed by atoms with E-state index in [2.05, 4.69) is 45.0 Å². The van der Waals surface area contributed by atoms with Crippen molar-refractivity contribution in [3.05, 3.63) is 58.7 Å². The summed E-state index contributed by atoms with van der Waals surface area (Å²) >= 11 is 0. The van der Waals surface area contributed by atoms with Crippen molar-refractivity contribution < 1.29 is 10.2 Å². The minimum atomic E-state index is 0.111. The predicted molar refractivity (Wildman–Crippen MR) is 108 cm³/mol. The van der Waals surface area contributed by atoms with E-state index in [4.69, 9.17) is 0 Å². The van der Waals surface area contributed by atoms with Crippen molar-refractivity contribution >= 4 is 0 Å². The number of rotatable bonds is 3. The number of aryl methyl sites for hydroxylation is 2. The molecule has 2 nitrogen and oxygen atoms in total. The quantitative estimate of drug-likeness (QED) is 0.689. The van der Waals surface area contributed by atoms with E-state index in [1.807, 2.05) is 26.0 Å². The molecule has 0 saturated heterocycles. The van der Waals surface area contributed by atoms with Crippen LogP contribution in [0.1, 0.15) is 68.2 Å². The second-order valence-corrected chi connectivity index (χ2v) is 8.87. The van der Waals surface area contributed by atoms with Gasteiger partial charge in [0.05, 0.1) is 0 Å². The van der Waals surface area contributed by atoms with Gasteiger partial charge in [-0.05, 0) is 90.7 Å². The fraction of sp³-hybridized carbons (Fsp3) is 0.500. The average Bonchev–Trinajstić information content (AvgIpc) is 2.59. The molecule has 0 aliphatic heterocycles. The van der Waals surface area contributed by atoms with Crippen molar-refractivity contribution in [1.29, 1.82) is 0 Å². The van der Waals surface area contributed by atoms with Crippen molar-refractivity contribution in [2.24, 2.45) is 11.8 Å². The van der Waals surface area contributed by atoms with Crippen LogP contribution >= 0.6 is 0 Å². The largest absolute Gasteiger partial charge is 0.508 e. The summed E-state index contributed by atoms with van der Waals surface area (Å²) in [4.78, 5) is 0. The third-order valence-electron chi connectivity index (χ3n) is 6.62. The molecule has 2 heteroatoms. The zero-order chi connectivity index (χ0) is 19.1. The van der Waals surface area contributed by atoms with Gasteiger partial charge in [0.2, 0.25) is 0 Å². The van der Waals surface area contributed by atoms with Gasteiger partial charge in [-0.1, -0.05) is 45.0 Å². The highest BCUT2D eigenvalue weighted by atomic mass is 16.3. The molecule has 0 heterocycles. The summed E-state index contributed by atoms with van der Waals surface area (Å²) in [6.07, 6.45) is 3.48. The average molecular weight is 353 g/mol. The Labute approximate surface area is 157 Å². The Morgan fingerprint density at radius 2 is 1.58 bits per heavy atom. The lowest BCUT2D eigenvalue weighted by Gasteiger charge is -2.45. The van der Waals surface area contributed by atoms with Crippen LogP contribution in [0.3, 0.4) is 0 Å². The summed E-state index contributed by atoms with van der Waals surface area (Å²) in [5, 5.41) is 19.8. The summed E-state index contributed by atoms with van der Waals surface area (Å²) < 4.78 is 0. The van der Waals surface area contributed by atoms with E-state index >= 15 is 0 Å². The van der Waals surface area contributed by atoms with E-state index in [9.17, 15) is 10.2 Å². The van der Waals surface area contributed by atoms with Gasteiger partial charge in [0.25, 0.3) is 0 Å². The molecule has 3 rings (SSSR count). The first kappa shape index (κ1) is 18.8. The van der Waals surface area contributed by atoms with E-state index in [1.165, 1.54) is 24.0 Å². The Hall–Kier alpha value is -1.96. The molecule has 3 unspecified atom stereocenters. The predicted octanol–water partition coefficient (Wildman–Crippen LogP) is 6.21. The fourth-order valence-electron chi connectivity index (χ4n) is 4.79. The third-order valence-corrected chi connectivity index (χ3v) is 6.62. The lowest BCUT2D eigenvalue weighted by Crippen LogP contribution is -2.35. The number of benzene rings is 2. The number of hydrogen-bond donors (Lipinski definition) is 2. The van der Waals surface area contributed by atoms with Crippen LogP contribution in [0.5, 0.6) is 11.5 Å². The summed E-state index contributed by atoms with van der Waals surface area (Å²) in [6, 6.07) is 12.2. The molecule has 2 aromatic carbocycles. The Morgan fingerprint density at radius 3 is 2.15 bits per heavy atom. The lowest BCUT2D eigenvalue weighted by molar-refractivity contribution is 0.170. The molecule has 0 aromatic heterocycles. The van der Waals surface area contributed by atoms with Gasteiger partial charge in [-0.2, -0.15) is 0 Å². The highest BCUT2D eigenvalue weighted by Crippen LogP contribution is 2.51. The Morgan fingerprint density at radius 1 is 0.962 bits per heavy atom. The van der Waals surface area contributed by atoms with Crippen LogP contribution in [0.25, 0.3) is 0 Å². The maximum absolute atomic E-state index is 9.93. The van der Waals surface area contributed by atoms with Gasteiger partial charge < -0.3 is 10.2 Å². The van der Waals surface area contributed by atoms with Gasteiger partial charge in [-0.15, -0.1) is 0 Å². The third kappa shape index (κ3) is 3.47. The van der Waals surface area contributed by atoms with Crippen molar-refractivity contribution in [1.82, 2.24) is 0 Å². The summed E-state index contributed by atoms with van der Waals surface area (Å²) in [6.45, 7) is 11.0. The van der Waals surface area contributed by atoms with Crippen molar-refractivity contribution in [3.63, 3.8) is 0 Å². The van der Waals surface area contributed by atoms with Crippen LogP contribution in [0.2, 0.25) is 0 Å². The first-order valence-corrected chi connectivity index (χ1v) is 9.81. The second-order valence-electron chi connectivity index (χ2n) is 8.87. The Balaban J connectivity index is 1.99. The normalized spacial score (nSPS) is 26.2. The lowest BCUT2D eigenvalue weighted by atomic mass is 9.59. The molecule has 1 aliphatic carbocycles. The first-order valence-electron chi connectivity index (χ1n) is 9.81. The molecule has 0 amide bonds. The van der Waals surface area contributed by atoms with Crippen LogP contribution in [0, 0.1) is 25.7 Å². The van der Waals surface area contributed by atoms with Crippen LogP contribution in [-0.2, 0) is 5.41 Å². The van der Waals surface area contributed by atoms with E-state index < -0.39 is 0 Å². The fourth-order valence-corrected chi connectivity index (χ4v) is 4.79. The number of hydrogen-bond acceptors (Lipinski definition) is 2. The molecule has 2 N–H and O–H groups in total. The monoisotopic (exact) mass is 352 g/mol. The molecular formula is C24H32O2. The molecule has 0 radical (unpaired) electrons. The van der Waals surface area contributed by atoms with Crippen molar-refractivity contribution in [2.75, 3.05) is 0 Å². The molecule has 0 bridgehead atoms. The van der Waals surface area contributed by atoms with Crippen LogP contribution < -0.4 is 0 Å². The molecule has 1 saturated carbocycles. The minimum absolute atomic E-state index is 0.111. The highest BCUT2D eigenvalue weighted by Gasteiger charge is 2.40. The van der Waals surface area contributed by atoms with Crippen LogP contribution in [-0.4, -0.2) is 10.2 Å². The zero-order valence-electron chi connectivity index (χ0n) is 16.7. The first-order chi connectivity index (χ1) is 12.2. The highest BCUT2D eigenvalue weighted by molar-refractivity contribution is 5.41. The Kier molecular flexibility index (Phi) is 5.05. The molecule has 1 aliphatic rings. The van der Waals surface area contributed by atoms with E-state index in [0.29, 0.717) is 29.3 Å². The van der Waals surface area contributed by atoms with Crippen LogP contribution in [0.15, 0.2) is 36.4 Å². The molecule has 26 heavy (non-hydrogen) atoms. The van der Waals surface area contributed by atoms with Gasteiger partial charge in [0, 0.05) is 0 Å². The van der Waals surface area contributed by atoms with Gasteiger partial charge in [-0.3, -0.25) is 0 Å². The molecular weight excluding hydrogens is 320 g/mol. The van der Waals surface area contributed by atoms with Crippen molar-refractivity contribution in [2.45, 2.75) is 65.2 Å². The molecule has 1 fully saturated rings. The number of phenolic OH excluding ortho intramolecular Hbond substituents is 2. The Bertz CT molecular complexity index is 793. The van der Waals surface area contributed by atoms with E-state index in [1.54, 1.807) is 0 Å². The van der Waals surface area contributed by atoms with E-state index in [0.717, 1.165) is 17.5 Å². The molecule has 3 atom stereocenters. The van der Waals surface area contributed by atoms with E-state index in [-0.39, 0.29) is 5.41 Å².